The fourth-order valence-electron chi connectivity index (χ4n) is 2.59. The minimum Gasteiger partial charge on any atom is -0.438 e. The second-order valence-corrected chi connectivity index (χ2v) is 5.18. The Kier molecular flexibility index (Phi) is 3.22. The molecular formula is C16H18N2O. The van der Waals surface area contributed by atoms with Crippen molar-refractivity contribution < 1.29 is 4.74 Å². The third-order valence-electron chi connectivity index (χ3n) is 3.54. The zero-order valence-electron chi connectivity index (χ0n) is 11.3. The zero-order valence-corrected chi connectivity index (χ0v) is 11.3. The molecule has 19 heavy (non-hydrogen) atoms. The van der Waals surface area contributed by atoms with Gasteiger partial charge in [0.1, 0.15) is 5.75 Å². The third kappa shape index (κ3) is 2.34. The van der Waals surface area contributed by atoms with E-state index in [0.717, 1.165) is 24.6 Å². The van der Waals surface area contributed by atoms with E-state index in [1.807, 2.05) is 18.2 Å². The van der Waals surface area contributed by atoms with Crippen molar-refractivity contribution in [3.05, 3.63) is 53.7 Å². The molecule has 1 aromatic carbocycles. The van der Waals surface area contributed by atoms with Gasteiger partial charge in [0.2, 0.25) is 5.88 Å². The molecule has 0 saturated carbocycles. The van der Waals surface area contributed by atoms with Crippen LogP contribution in [0.15, 0.2) is 42.6 Å². The highest BCUT2D eigenvalue weighted by Crippen LogP contribution is 2.44. The predicted octanol–water partition coefficient (Wildman–Crippen LogP) is 3.27. The number of benzene rings is 1. The van der Waals surface area contributed by atoms with Crippen LogP contribution in [-0.4, -0.2) is 30.5 Å². The molecule has 0 bridgehead atoms. The first-order valence-corrected chi connectivity index (χ1v) is 6.62. The Balaban J connectivity index is 2.01. The molecule has 0 N–H and O–H groups in total. The summed E-state index contributed by atoms with van der Waals surface area (Å²) in [5.74, 6) is 2.07. The van der Waals surface area contributed by atoms with Gasteiger partial charge in [0, 0.05) is 23.2 Å². The molecule has 0 fully saturated rings. The van der Waals surface area contributed by atoms with Crippen molar-refractivity contribution >= 4 is 0 Å². The van der Waals surface area contributed by atoms with E-state index in [0.29, 0.717) is 5.92 Å². The Bertz CT molecular complexity index is 535. The van der Waals surface area contributed by atoms with Crippen molar-refractivity contribution in [3.8, 4) is 11.6 Å². The Labute approximate surface area is 113 Å². The Hall–Kier alpha value is -1.87. The summed E-state index contributed by atoms with van der Waals surface area (Å²) in [4.78, 5) is 6.58. The summed E-state index contributed by atoms with van der Waals surface area (Å²) in [6.45, 7) is 1.05. The van der Waals surface area contributed by atoms with Gasteiger partial charge in [-0.15, -0.1) is 0 Å². The highest BCUT2D eigenvalue weighted by molar-refractivity contribution is 5.50. The van der Waals surface area contributed by atoms with E-state index < -0.39 is 0 Å². The maximum Gasteiger partial charge on any atom is 0.223 e. The van der Waals surface area contributed by atoms with Crippen LogP contribution in [-0.2, 0) is 0 Å². The molecule has 98 valence electrons. The number of para-hydroxylation sites is 1. The summed E-state index contributed by atoms with van der Waals surface area (Å²) >= 11 is 0. The van der Waals surface area contributed by atoms with Gasteiger partial charge in [0.05, 0.1) is 0 Å². The first kappa shape index (κ1) is 12.2. The number of nitrogens with zero attached hydrogens (tertiary/aromatic N) is 2. The van der Waals surface area contributed by atoms with Crippen LogP contribution in [0.5, 0.6) is 11.6 Å². The van der Waals surface area contributed by atoms with Crippen LogP contribution in [0.2, 0.25) is 0 Å². The normalized spacial score (nSPS) is 16.7. The Morgan fingerprint density at radius 2 is 1.89 bits per heavy atom. The maximum atomic E-state index is 5.89. The van der Waals surface area contributed by atoms with E-state index in [1.165, 1.54) is 11.1 Å². The van der Waals surface area contributed by atoms with E-state index in [2.05, 4.69) is 42.2 Å². The lowest BCUT2D eigenvalue weighted by molar-refractivity contribution is 0.372. The van der Waals surface area contributed by atoms with Crippen LogP contribution in [0.3, 0.4) is 0 Å². The van der Waals surface area contributed by atoms with Crippen LogP contribution < -0.4 is 4.74 Å². The molecule has 0 saturated heterocycles. The second kappa shape index (κ2) is 5.02. The molecule has 2 heterocycles. The highest BCUT2D eigenvalue weighted by atomic mass is 16.5. The molecule has 0 spiro atoms. The van der Waals surface area contributed by atoms with Gasteiger partial charge in [-0.3, -0.25) is 0 Å². The number of ether oxygens (including phenoxy) is 1. The number of pyridine rings is 1. The second-order valence-electron chi connectivity index (χ2n) is 5.18. The lowest BCUT2D eigenvalue weighted by Crippen LogP contribution is -2.19. The minimum atomic E-state index is 0.371. The quantitative estimate of drug-likeness (QED) is 0.840. The molecule has 0 amide bonds. The van der Waals surface area contributed by atoms with Crippen molar-refractivity contribution in [1.82, 2.24) is 9.88 Å². The minimum absolute atomic E-state index is 0.371. The number of hydrogen-bond acceptors (Lipinski definition) is 3. The fourth-order valence-corrected chi connectivity index (χ4v) is 2.59. The summed E-state index contributed by atoms with van der Waals surface area (Å²) in [5, 5.41) is 0. The van der Waals surface area contributed by atoms with Gasteiger partial charge in [0.25, 0.3) is 0 Å². The molecule has 1 atom stereocenters. The lowest BCUT2D eigenvalue weighted by Gasteiger charge is -2.28. The van der Waals surface area contributed by atoms with Crippen molar-refractivity contribution in [1.29, 1.82) is 0 Å². The van der Waals surface area contributed by atoms with Crippen LogP contribution in [0.25, 0.3) is 0 Å². The van der Waals surface area contributed by atoms with Gasteiger partial charge in [0.15, 0.2) is 0 Å². The number of rotatable bonds is 3. The van der Waals surface area contributed by atoms with Crippen LogP contribution in [0.1, 0.15) is 23.5 Å². The summed E-state index contributed by atoms with van der Waals surface area (Å²) < 4.78 is 5.89. The molecule has 3 rings (SSSR count). The first-order chi connectivity index (χ1) is 9.25. The number of fused-ring (bicyclic) bond motifs is 2. The maximum absolute atomic E-state index is 5.89. The predicted molar refractivity (Wildman–Crippen MR) is 75.8 cm³/mol. The van der Waals surface area contributed by atoms with E-state index in [1.54, 1.807) is 6.20 Å². The molecule has 0 radical (unpaired) electrons. The van der Waals surface area contributed by atoms with Crippen molar-refractivity contribution in [2.24, 2.45) is 0 Å². The van der Waals surface area contributed by atoms with E-state index in [-0.39, 0.29) is 0 Å². The highest BCUT2D eigenvalue weighted by Gasteiger charge is 2.27. The molecule has 3 heteroatoms. The molecular weight excluding hydrogens is 236 g/mol. The Morgan fingerprint density at radius 1 is 1.11 bits per heavy atom. The van der Waals surface area contributed by atoms with Crippen molar-refractivity contribution in [2.45, 2.75) is 12.3 Å². The van der Waals surface area contributed by atoms with Crippen LogP contribution >= 0.6 is 0 Å². The topological polar surface area (TPSA) is 25.4 Å². The summed E-state index contributed by atoms with van der Waals surface area (Å²) in [7, 11) is 4.21. The first-order valence-electron chi connectivity index (χ1n) is 6.62. The molecule has 2 aromatic rings. The summed E-state index contributed by atoms with van der Waals surface area (Å²) in [5.41, 5.74) is 2.47. The smallest absolute Gasteiger partial charge is 0.223 e. The molecule has 1 aliphatic heterocycles. The van der Waals surface area contributed by atoms with Gasteiger partial charge in [-0.05, 0) is 39.2 Å². The number of hydrogen-bond donors (Lipinski definition) is 0. The Morgan fingerprint density at radius 3 is 2.74 bits per heavy atom. The van der Waals surface area contributed by atoms with Crippen molar-refractivity contribution in [2.75, 3.05) is 20.6 Å². The average Bonchev–Trinajstić information content (AvgIpc) is 2.43. The van der Waals surface area contributed by atoms with E-state index >= 15 is 0 Å². The van der Waals surface area contributed by atoms with Crippen molar-refractivity contribution in [3.63, 3.8) is 0 Å². The SMILES string of the molecule is CN(C)CC[C@@H]1c2ccccc2Oc2ncccc21. The summed E-state index contributed by atoms with van der Waals surface area (Å²) in [6.07, 6.45) is 2.86. The molecule has 0 unspecified atom stereocenters. The van der Waals surface area contributed by atoms with Crippen LogP contribution in [0, 0.1) is 0 Å². The standard InChI is InChI=1S/C16H18N2O/c1-18(2)11-9-12-13-6-3-4-8-15(13)19-16-14(12)7-5-10-17-16/h3-8,10,12H,9,11H2,1-2H3/t12-/m1/s1. The number of aromatic nitrogens is 1. The lowest BCUT2D eigenvalue weighted by atomic mass is 9.87. The average molecular weight is 254 g/mol. The van der Waals surface area contributed by atoms with Gasteiger partial charge in [-0.2, -0.15) is 0 Å². The monoisotopic (exact) mass is 254 g/mol. The van der Waals surface area contributed by atoms with Crippen LogP contribution in [0.4, 0.5) is 0 Å². The van der Waals surface area contributed by atoms with Gasteiger partial charge in [-0.25, -0.2) is 4.98 Å². The van der Waals surface area contributed by atoms with Gasteiger partial charge in [-0.1, -0.05) is 24.3 Å². The van der Waals surface area contributed by atoms with E-state index in [9.17, 15) is 0 Å². The fraction of sp³-hybridized carbons (Fsp3) is 0.312. The molecule has 0 aliphatic carbocycles. The molecule has 1 aliphatic rings. The zero-order chi connectivity index (χ0) is 13.2. The van der Waals surface area contributed by atoms with Gasteiger partial charge >= 0.3 is 0 Å². The molecule has 1 aromatic heterocycles. The van der Waals surface area contributed by atoms with E-state index in [4.69, 9.17) is 4.74 Å². The third-order valence-corrected chi connectivity index (χ3v) is 3.54. The van der Waals surface area contributed by atoms with Gasteiger partial charge < -0.3 is 9.64 Å². The molecule has 3 nitrogen and oxygen atoms in total. The summed E-state index contributed by atoms with van der Waals surface area (Å²) in [6, 6.07) is 12.4. The largest absolute Gasteiger partial charge is 0.438 e.